The van der Waals surface area contributed by atoms with Gasteiger partial charge in [0, 0.05) is 90.6 Å². The fourth-order valence-corrected chi connectivity index (χ4v) is 6.83. The number of halogens is 4. The van der Waals surface area contributed by atoms with E-state index in [1.54, 1.807) is 61.2 Å². The van der Waals surface area contributed by atoms with Gasteiger partial charge in [-0.15, -0.1) is 0 Å². The van der Waals surface area contributed by atoms with Crippen LogP contribution in [0.25, 0.3) is 0 Å². The molecule has 0 spiro atoms. The first-order valence-corrected chi connectivity index (χ1v) is 23.5. The van der Waals surface area contributed by atoms with Gasteiger partial charge in [0.15, 0.2) is 5.82 Å². The van der Waals surface area contributed by atoms with Gasteiger partial charge < -0.3 is 37.2 Å². The summed E-state index contributed by atoms with van der Waals surface area (Å²) in [7, 11) is 0. The molecule has 0 atom stereocenters. The van der Waals surface area contributed by atoms with Gasteiger partial charge in [0.05, 0.1) is 38.0 Å². The van der Waals surface area contributed by atoms with Gasteiger partial charge in [0.2, 0.25) is 11.0 Å². The molecule has 0 bridgehead atoms. The molecule has 0 unspecified atom stereocenters. The van der Waals surface area contributed by atoms with E-state index in [2.05, 4.69) is 93.3 Å². The summed E-state index contributed by atoms with van der Waals surface area (Å²) in [5, 5.41) is 35.2. The third kappa shape index (κ3) is 16.8. The molecule has 8 rings (SSSR count). The van der Waals surface area contributed by atoms with Gasteiger partial charge in [-0.05, 0) is 120 Å². The van der Waals surface area contributed by atoms with Crippen molar-refractivity contribution in [3.05, 3.63) is 167 Å². The molecule has 0 radical (unpaired) electrons. The van der Waals surface area contributed by atoms with Gasteiger partial charge in [-0.1, -0.05) is 23.2 Å². The highest BCUT2D eigenvalue weighted by molar-refractivity contribution is 9.10. The number of carbonyl (C=O) groups excluding carboxylic acids is 2. The Bertz CT molecular complexity index is 2930. The van der Waals surface area contributed by atoms with Gasteiger partial charge in [0.1, 0.15) is 22.6 Å². The number of pyridine rings is 7. The fraction of sp³-hybridized carbons (Fsp3) is 0.178. The van der Waals surface area contributed by atoms with Gasteiger partial charge in [-0.25, -0.2) is 34.9 Å². The van der Waals surface area contributed by atoms with Crippen molar-refractivity contribution in [3.63, 3.8) is 0 Å². The van der Waals surface area contributed by atoms with Crippen LogP contribution in [0.4, 0.5) is 57.5 Å². The molecule has 2 amide bonds. The van der Waals surface area contributed by atoms with Gasteiger partial charge >= 0.3 is 11.4 Å². The van der Waals surface area contributed by atoms with E-state index in [0.29, 0.717) is 75.6 Å². The van der Waals surface area contributed by atoms with Crippen molar-refractivity contribution in [2.24, 2.45) is 0 Å². The molecule has 0 fully saturated rings. The minimum atomic E-state index is -0.574. The van der Waals surface area contributed by atoms with Crippen molar-refractivity contribution in [1.29, 1.82) is 0 Å². The molecule has 7 aromatic rings. The average molecular weight is 1140 g/mol. The summed E-state index contributed by atoms with van der Waals surface area (Å²) in [5.41, 5.74) is 8.26. The van der Waals surface area contributed by atoms with Crippen LogP contribution in [0.2, 0.25) is 10.3 Å². The topological polar surface area (TPSA) is 300 Å². The minimum Gasteiger partial charge on any atom is -0.396 e. The lowest BCUT2D eigenvalue weighted by molar-refractivity contribution is -0.385. The lowest BCUT2D eigenvalue weighted by Gasteiger charge is -2.21. The van der Waals surface area contributed by atoms with Gasteiger partial charge in [0.25, 0.3) is 11.8 Å². The van der Waals surface area contributed by atoms with E-state index in [4.69, 9.17) is 28.9 Å². The molecule has 8 heterocycles. The highest BCUT2D eigenvalue weighted by Gasteiger charge is 2.26. The number of nitrogens with zero attached hydrogens (tertiary/aromatic N) is 10. The van der Waals surface area contributed by atoms with Crippen LogP contribution in [-0.4, -0.2) is 82.7 Å². The lowest BCUT2D eigenvalue weighted by atomic mass is 10.2. The largest absolute Gasteiger partial charge is 0.396 e. The SMILES string of the molecule is CCN1c2ncccc2NC(=O)c2cc(Br)cnc21.CCNc1ncccc1N.CCNc1ncccc1NC(=O)c1cc(Br)cnc1Cl.CCNc1ncccc1[N+](=O)[O-].O=[N+]([O-])c1cccnc1Cl. The maximum atomic E-state index is 12.3. The van der Waals surface area contributed by atoms with Crippen LogP contribution in [0.15, 0.2) is 125 Å². The van der Waals surface area contributed by atoms with Crippen LogP contribution in [0, 0.1) is 20.2 Å². The van der Waals surface area contributed by atoms with Gasteiger partial charge in [-0.2, -0.15) is 0 Å². The van der Waals surface area contributed by atoms with Gasteiger partial charge in [-0.3, -0.25) is 29.8 Å². The number of nitrogen functional groups attached to an aromatic ring is 1. The summed E-state index contributed by atoms with van der Waals surface area (Å²) >= 11 is 17.9. The van der Waals surface area contributed by atoms with E-state index in [1.165, 1.54) is 36.8 Å². The highest BCUT2D eigenvalue weighted by Crippen LogP contribution is 2.35. The molecule has 0 saturated heterocycles. The number of carbonyl (C=O) groups is 2. The third-order valence-electron chi connectivity index (χ3n) is 8.84. The van der Waals surface area contributed by atoms with Crippen molar-refractivity contribution >= 4 is 124 Å². The molecule has 7 N–H and O–H groups in total. The molecule has 370 valence electrons. The first kappa shape index (κ1) is 55.9. The predicted molar refractivity (Wildman–Crippen MR) is 284 cm³/mol. The van der Waals surface area contributed by atoms with Crippen molar-refractivity contribution in [1.82, 2.24) is 34.9 Å². The first-order valence-electron chi connectivity index (χ1n) is 21.2. The second-order valence-electron chi connectivity index (χ2n) is 13.7. The monoisotopic (exact) mass is 1130 g/mol. The summed E-state index contributed by atoms with van der Waals surface area (Å²) in [6.45, 7) is 10.7. The zero-order valence-electron chi connectivity index (χ0n) is 38.3. The zero-order chi connectivity index (χ0) is 51.9. The number of rotatable bonds is 11. The predicted octanol–water partition coefficient (Wildman–Crippen LogP) is 10.7. The van der Waals surface area contributed by atoms with E-state index >= 15 is 0 Å². The Morgan fingerprint density at radius 1 is 0.676 bits per heavy atom. The van der Waals surface area contributed by atoms with Crippen LogP contribution >= 0.6 is 55.1 Å². The van der Waals surface area contributed by atoms with Crippen LogP contribution in [0.3, 0.4) is 0 Å². The molecule has 1 aliphatic rings. The number of nitrogens with one attached hydrogen (secondary N) is 5. The highest BCUT2D eigenvalue weighted by atomic mass is 79.9. The quantitative estimate of drug-likeness (QED) is 0.0398. The molecule has 0 saturated carbocycles. The fourth-order valence-electron chi connectivity index (χ4n) is 5.79. The molecule has 7 aromatic heterocycles. The van der Waals surface area contributed by atoms with E-state index in [9.17, 15) is 29.8 Å². The number of nitrogens with two attached hydrogens (primary N) is 1. The number of fused-ring (bicyclic) bond motifs is 2. The Kier molecular flexibility index (Phi) is 22.6. The van der Waals surface area contributed by atoms with E-state index < -0.39 is 9.85 Å². The smallest absolute Gasteiger partial charge is 0.311 e. The molecule has 26 heteroatoms. The number of aromatic nitrogens is 7. The second-order valence-corrected chi connectivity index (χ2v) is 16.2. The molecular weight excluding hydrogens is 1090 g/mol. The van der Waals surface area contributed by atoms with Crippen LogP contribution in [-0.2, 0) is 0 Å². The molecule has 0 aliphatic carbocycles. The Morgan fingerprint density at radius 2 is 1.21 bits per heavy atom. The minimum absolute atomic E-state index is 0.0133. The summed E-state index contributed by atoms with van der Waals surface area (Å²) in [6, 6.07) is 19.9. The molecule has 71 heavy (non-hydrogen) atoms. The Hall–Kier alpha value is -7.67. The standard InChI is InChI=1S/C13H12BrClN4O.C13H11BrN4O.C7H9N3O2.C7H11N3.C5H3ClN2O2/c1-2-16-12-10(4-3-5-17-12)19-13(20)9-6-8(14)7-18-11(9)15;1-2-18-11-9(6-8(14)7-16-11)13(19)17-10-4-3-5-15-12(10)18;1-2-8-7-6(10(11)12)4-3-5-9-7;1-2-9-7-6(8)4-3-5-10-7;6-5-4(8(9)10)2-1-3-7-5/h3-7H,2H2,1H3,(H,16,17)(H,19,20);3-7H,2H2,1H3,(H,17,19);3-5H,2H2,1H3,(H,8,9);3-5H,2,8H2,1H3,(H,9,10);1-3H. The normalized spacial score (nSPS) is 10.6. The Balaban J connectivity index is 0.000000199. The maximum absolute atomic E-state index is 12.3. The van der Waals surface area contributed by atoms with E-state index in [-0.39, 0.29) is 33.5 Å². The summed E-state index contributed by atoms with van der Waals surface area (Å²) in [6.07, 6.45) is 11.2. The Labute approximate surface area is 434 Å². The number of nitro groups is 2. The maximum Gasteiger partial charge on any atom is 0.311 e. The Morgan fingerprint density at radius 3 is 1.83 bits per heavy atom. The molecule has 22 nitrogen and oxygen atoms in total. The third-order valence-corrected chi connectivity index (χ3v) is 10.3. The number of anilines is 8. The van der Waals surface area contributed by atoms with Crippen LogP contribution in [0.1, 0.15) is 48.4 Å². The molecule has 1 aliphatic heterocycles. The van der Waals surface area contributed by atoms with Crippen molar-refractivity contribution in [2.75, 3.05) is 63.4 Å². The van der Waals surface area contributed by atoms with Crippen molar-refractivity contribution in [3.8, 4) is 0 Å². The van der Waals surface area contributed by atoms with E-state index in [1.807, 2.05) is 50.8 Å². The second kappa shape index (κ2) is 28.7. The summed E-state index contributed by atoms with van der Waals surface area (Å²) in [5.74, 6) is 2.54. The van der Waals surface area contributed by atoms with Crippen molar-refractivity contribution < 1.29 is 19.4 Å². The lowest BCUT2D eigenvalue weighted by Crippen LogP contribution is -2.19. The first-order chi connectivity index (χ1) is 34.1. The number of amides is 2. The average Bonchev–Trinajstić information content (AvgIpc) is 3.47. The summed E-state index contributed by atoms with van der Waals surface area (Å²) < 4.78 is 1.46. The number of hydrogen-bond donors (Lipinski definition) is 6. The van der Waals surface area contributed by atoms with E-state index in [0.717, 1.165) is 16.8 Å². The summed E-state index contributed by atoms with van der Waals surface area (Å²) in [4.78, 5) is 74.1. The zero-order valence-corrected chi connectivity index (χ0v) is 43.0. The number of hydrogen-bond acceptors (Lipinski definition) is 18. The molecule has 0 aromatic carbocycles. The molecular formula is C45H46Br2Cl2N16O6. The van der Waals surface area contributed by atoms with Crippen LogP contribution in [0.5, 0.6) is 0 Å². The van der Waals surface area contributed by atoms with Crippen LogP contribution < -0.4 is 37.2 Å². The van der Waals surface area contributed by atoms with Crippen molar-refractivity contribution in [2.45, 2.75) is 27.7 Å².